The number of halogens is 1. The van der Waals surface area contributed by atoms with Crippen molar-refractivity contribution in [1.82, 2.24) is 0 Å². The van der Waals surface area contributed by atoms with Gasteiger partial charge in [-0.1, -0.05) is 11.6 Å². The summed E-state index contributed by atoms with van der Waals surface area (Å²) in [5, 5.41) is 25.1. The topological polar surface area (TPSA) is 115 Å². The van der Waals surface area contributed by atoms with Gasteiger partial charge in [-0.2, -0.15) is 0 Å². The Labute approximate surface area is 141 Å². The number of nitro groups is 2. The number of nitrogens with zero attached hydrogens (tertiary/aromatic N) is 2. The molecule has 2 aromatic rings. The van der Waals surface area contributed by atoms with E-state index in [-0.39, 0.29) is 11.1 Å². The standard InChI is InChI=1S/C15H12ClN3O5/c1-8-5-10(16)3-4-13(8)17-15(20)12-6-11(18(21)22)7-14(9(12)2)19(23)24/h3-7H,1-2H3,(H,17,20). The number of carbonyl (C=O) groups excluding carboxylic acids is 1. The Balaban J connectivity index is 2.48. The number of nitrogens with one attached hydrogen (secondary N) is 1. The molecule has 0 bridgehead atoms. The fourth-order valence-electron chi connectivity index (χ4n) is 2.17. The lowest BCUT2D eigenvalue weighted by molar-refractivity contribution is -0.394. The van der Waals surface area contributed by atoms with Gasteiger partial charge in [0.25, 0.3) is 17.3 Å². The van der Waals surface area contributed by atoms with Crippen molar-refractivity contribution in [1.29, 1.82) is 0 Å². The lowest BCUT2D eigenvalue weighted by Gasteiger charge is -2.10. The summed E-state index contributed by atoms with van der Waals surface area (Å²) in [5.74, 6) is -0.676. The zero-order valence-corrected chi connectivity index (χ0v) is 13.5. The number of anilines is 1. The summed E-state index contributed by atoms with van der Waals surface area (Å²) >= 11 is 5.84. The molecule has 0 fully saturated rings. The van der Waals surface area contributed by atoms with Crippen molar-refractivity contribution in [2.75, 3.05) is 5.32 Å². The molecule has 0 saturated heterocycles. The molecule has 0 saturated carbocycles. The first-order chi connectivity index (χ1) is 11.2. The number of amides is 1. The van der Waals surface area contributed by atoms with E-state index in [0.29, 0.717) is 16.3 Å². The Hall–Kier alpha value is -3.00. The van der Waals surface area contributed by atoms with Crippen LogP contribution in [-0.4, -0.2) is 15.8 Å². The molecule has 2 rings (SSSR count). The van der Waals surface area contributed by atoms with Crippen LogP contribution in [0.5, 0.6) is 0 Å². The predicted octanol–water partition coefficient (Wildman–Crippen LogP) is 4.03. The van der Waals surface area contributed by atoms with Crippen LogP contribution in [0.1, 0.15) is 21.5 Å². The van der Waals surface area contributed by atoms with Crippen LogP contribution in [0.25, 0.3) is 0 Å². The SMILES string of the molecule is Cc1cc(Cl)ccc1NC(=O)c1cc([N+](=O)[O-])cc([N+](=O)[O-])c1C. The Morgan fingerprint density at radius 3 is 2.29 bits per heavy atom. The lowest BCUT2D eigenvalue weighted by Crippen LogP contribution is -2.15. The zero-order valence-electron chi connectivity index (χ0n) is 12.7. The second-order valence-corrected chi connectivity index (χ2v) is 5.50. The third-order valence-corrected chi connectivity index (χ3v) is 3.69. The number of hydrogen-bond acceptors (Lipinski definition) is 5. The molecule has 0 aliphatic rings. The van der Waals surface area contributed by atoms with Gasteiger partial charge in [0.15, 0.2) is 0 Å². The van der Waals surface area contributed by atoms with Crippen LogP contribution in [0.4, 0.5) is 17.1 Å². The van der Waals surface area contributed by atoms with Crippen molar-refractivity contribution in [3.8, 4) is 0 Å². The Kier molecular flexibility index (Phi) is 4.79. The Morgan fingerprint density at radius 1 is 1.08 bits per heavy atom. The van der Waals surface area contributed by atoms with Crippen molar-refractivity contribution in [3.63, 3.8) is 0 Å². The normalized spacial score (nSPS) is 10.3. The van der Waals surface area contributed by atoms with E-state index in [0.717, 1.165) is 12.1 Å². The second-order valence-electron chi connectivity index (χ2n) is 5.07. The number of non-ortho nitro benzene ring substituents is 1. The minimum Gasteiger partial charge on any atom is -0.322 e. The summed E-state index contributed by atoms with van der Waals surface area (Å²) in [6.45, 7) is 3.09. The van der Waals surface area contributed by atoms with Gasteiger partial charge >= 0.3 is 0 Å². The van der Waals surface area contributed by atoms with E-state index < -0.39 is 27.1 Å². The quantitative estimate of drug-likeness (QED) is 0.660. The number of rotatable bonds is 4. The highest BCUT2D eigenvalue weighted by molar-refractivity contribution is 6.30. The van der Waals surface area contributed by atoms with Crippen LogP contribution in [0.3, 0.4) is 0 Å². The average Bonchev–Trinajstić information content (AvgIpc) is 2.49. The van der Waals surface area contributed by atoms with E-state index in [2.05, 4.69) is 5.32 Å². The molecule has 0 radical (unpaired) electrons. The van der Waals surface area contributed by atoms with Gasteiger partial charge in [0.1, 0.15) is 0 Å². The monoisotopic (exact) mass is 349 g/mol. The fourth-order valence-corrected chi connectivity index (χ4v) is 2.40. The number of nitro benzene ring substituents is 2. The third kappa shape index (κ3) is 3.49. The van der Waals surface area contributed by atoms with Gasteiger partial charge in [0.2, 0.25) is 0 Å². The first-order valence-corrected chi connectivity index (χ1v) is 7.09. The number of benzene rings is 2. The molecule has 1 amide bonds. The van der Waals surface area contributed by atoms with Gasteiger partial charge in [-0.25, -0.2) is 0 Å². The zero-order chi connectivity index (χ0) is 18.0. The van der Waals surface area contributed by atoms with Crippen LogP contribution in [0.15, 0.2) is 30.3 Å². The van der Waals surface area contributed by atoms with Crippen LogP contribution < -0.4 is 5.32 Å². The highest BCUT2D eigenvalue weighted by Gasteiger charge is 2.24. The summed E-state index contributed by atoms with van der Waals surface area (Å²) in [4.78, 5) is 32.9. The maximum absolute atomic E-state index is 12.4. The van der Waals surface area contributed by atoms with Gasteiger partial charge in [0, 0.05) is 22.3 Å². The molecule has 0 heterocycles. The molecule has 124 valence electrons. The van der Waals surface area contributed by atoms with Crippen molar-refractivity contribution >= 4 is 34.6 Å². The fraction of sp³-hybridized carbons (Fsp3) is 0.133. The second kappa shape index (κ2) is 6.63. The van der Waals surface area contributed by atoms with Crippen LogP contribution in [-0.2, 0) is 0 Å². The van der Waals surface area contributed by atoms with E-state index >= 15 is 0 Å². The summed E-state index contributed by atoms with van der Waals surface area (Å²) < 4.78 is 0. The van der Waals surface area contributed by atoms with Crippen molar-refractivity contribution < 1.29 is 14.6 Å². The molecule has 1 N–H and O–H groups in total. The third-order valence-electron chi connectivity index (χ3n) is 3.45. The molecule has 0 aliphatic carbocycles. The maximum atomic E-state index is 12.4. The summed E-state index contributed by atoms with van der Waals surface area (Å²) in [6.07, 6.45) is 0. The molecule has 0 spiro atoms. The first kappa shape index (κ1) is 17.4. The minimum absolute atomic E-state index is 0.0507. The molecule has 0 aliphatic heterocycles. The number of hydrogen-bond donors (Lipinski definition) is 1. The van der Waals surface area contributed by atoms with Gasteiger partial charge in [-0.3, -0.25) is 25.0 Å². The summed E-state index contributed by atoms with van der Waals surface area (Å²) in [7, 11) is 0. The van der Waals surface area contributed by atoms with E-state index in [9.17, 15) is 25.0 Å². The lowest BCUT2D eigenvalue weighted by atomic mass is 10.0. The van der Waals surface area contributed by atoms with E-state index in [1.807, 2.05) is 0 Å². The highest BCUT2D eigenvalue weighted by atomic mass is 35.5. The van der Waals surface area contributed by atoms with E-state index in [4.69, 9.17) is 11.6 Å². The molecule has 8 nitrogen and oxygen atoms in total. The Bertz CT molecular complexity index is 866. The molecule has 2 aromatic carbocycles. The summed E-state index contributed by atoms with van der Waals surface area (Å²) in [6, 6.07) is 6.64. The van der Waals surface area contributed by atoms with Crippen LogP contribution >= 0.6 is 11.6 Å². The van der Waals surface area contributed by atoms with Gasteiger partial charge in [-0.05, 0) is 37.6 Å². The largest absolute Gasteiger partial charge is 0.322 e. The Morgan fingerprint density at radius 2 is 1.75 bits per heavy atom. The molecule has 0 aromatic heterocycles. The molecule has 9 heteroatoms. The minimum atomic E-state index is -0.781. The van der Waals surface area contributed by atoms with Crippen LogP contribution in [0.2, 0.25) is 5.02 Å². The predicted molar refractivity (Wildman–Crippen MR) is 88.6 cm³/mol. The molecule has 0 unspecified atom stereocenters. The van der Waals surface area contributed by atoms with Crippen molar-refractivity contribution in [2.45, 2.75) is 13.8 Å². The van der Waals surface area contributed by atoms with Gasteiger partial charge in [-0.15, -0.1) is 0 Å². The van der Waals surface area contributed by atoms with E-state index in [1.165, 1.54) is 6.92 Å². The molecular weight excluding hydrogens is 338 g/mol. The van der Waals surface area contributed by atoms with Crippen molar-refractivity contribution in [2.24, 2.45) is 0 Å². The number of aryl methyl sites for hydroxylation is 1. The first-order valence-electron chi connectivity index (χ1n) is 6.71. The molecule has 0 atom stereocenters. The smallest absolute Gasteiger partial charge is 0.279 e. The summed E-state index contributed by atoms with van der Waals surface area (Å²) in [5.41, 5.74) is 0.0545. The van der Waals surface area contributed by atoms with Crippen molar-refractivity contribution in [3.05, 3.63) is 72.3 Å². The van der Waals surface area contributed by atoms with Gasteiger partial charge < -0.3 is 5.32 Å². The molecule has 24 heavy (non-hydrogen) atoms. The number of carbonyl (C=O) groups is 1. The average molecular weight is 350 g/mol. The van der Waals surface area contributed by atoms with Crippen LogP contribution in [0, 0.1) is 34.1 Å². The van der Waals surface area contributed by atoms with Gasteiger partial charge in [0.05, 0.1) is 21.5 Å². The highest BCUT2D eigenvalue weighted by Crippen LogP contribution is 2.29. The van der Waals surface area contributed by atoms with E-state index in [1.54, 1.807) is 25.1 Å². The molecular formula is C15H12ClN3O5. The maximum Gasteiger partial charge on any atom is 0.279 e.